The van der Waals surface area contributed by atoms with Gasteiger partial charge in [-0.25, -0.2) is 0 Å². The van der Waals surface area contributed by atoms with Gasteiger partial charge in [-0.15, -0.1) is 0 Å². The van der Waals surface area contributed by atoms with Crippen molar-refractivity contribution < 1.29 is 13.6 Å². The summed E-state index contributed by atoms with van der Waals surface area (Å²) < 4.78 is 24.0. The molecular weight excluding hydrogens is 277 g/mol. The second-order valence-electron chi connectivity index (χ2n) is 6.25. The Balaban J connectivity index is 3.02. The Morgan fingerprint density at radius 1 is 1.21 bits per heavy atom. The number of allylic oxidation sites excluding steroid dienone is 1. The fourth-order valence-electron chi connectivity index (χ4n) is 2.47. The summed E-state index contributed by atoms with van der Waals surface area (Å²) in [5.41, 5.74) is 1.55. The molecule has 0 saturated carbocycles. The Morgan fingerprint density at radius 3 is 2.00 bits per heavy atom. The molecule has 1 aliphatic heterocycles. The second-order valence-corrected chi connectivity index (χ2v) is 13.7. The maximum Gasteiger partial charge on any atom is 0.354 e. The molecule has 2 atom stereocenters. The minimum absolute atomic E-state index is 0.0889. The highest BCUT2D eigenvalue weighted by Crippen LogP contribution is 2.64. The topological polar surface area (TPSA) is 38.5 Å². The van der Waals surface area contributed by atoms with Crippen molar-refractivity contribution in [2.75, 3.05) is 13.2 Å². The molecule has 0 amide bonds. The van der Waals surface area contributed by atoms with E-state index in [0.717, 1.165) is 0 Å². The van der Waals surface area contributed by atoms with Crippen LogP contribution in [0.25, 0.3) is 0 Å². The molecule has 112 valence electrons. The molecule has 0 bridgehead atoms. The third kappa shape index (κ3) is 3.94. The molecule has 0 aromatic heterocycles. The number of hydrogen-bond acceptors (Lipinski definition) is 4. The predicted molar refractivity (Wildman–Crippen MR) is 83.1 cm³/mol. The lowest BCUT2D eigenvalue weighted by atomic mass is 10.4. The number of hydrogen-bond donors (Lipinski definition) is 0. The molecule has 4 nitrogen and oxygen atoms in total. The Kier molecular flexibility index (Phi) is 5.47. The van der Waals surface area contributed by atoms with Gasteiger partial charge in [-0.1, -0.05) is 25.2 Å². The van der Waals surface area contributed by atoms with Crippen molar-refractivity contribution in [2.45, 2.75) is 58.8 Å². The first-order valence-corrected chi connectivity index (χ1v) is 12.2. The Labute approximate surface area is 118 Å². The standard InChI is InChI=1S/C13H28NO3PSi/c1-8-16-18(15,17-9-2)12-13(19(5,6)7)14(12)10-11(3)4/h10,12-13H,8-9H2,1-7H3/t12-,13+,14?/m1/s1. The molecule has 1 aliphatic rings. The summed E-state index contributed by atoms with van der Waals surface area (Å²) in [6.45, 7) is 15.6. The molecule has 1 saturated heterocycles. The van der Waals surface area contributed by atoms with Gasteiger partial charge in [0, 0.05) is 0 Å². The van der Waals surface area contributed by atoms with E-state index in [0.29, 0.717) is 18.9 Å². The molecule has 0 N–H and O–H groups in total. The van der Waals surface area contributed by atoms with Crippen molar-refractivity contribution in [3.05, 3.63) is 11.8 Å². The van der Waals surface area contributed by atoms with Gasteiger partial charge in [0.1, 0.15) is 5.78 Å². The molecule has 0 aliphatic carbocycles. The quantitative estimate of drug-likeness (QED) is 0.404. The third-order valence-electron chi connectivity index (χ3n) is 3.06. The van der Waals surface area contributed by atoms with Crippen LogP contribution in [0.5, 0.6) is 0 Å². The van der Waals surface area contributed by atoms with Crippen LogP contribution in [-0.4, -0.2) is 37.6 Å². The average Bonchev–Trinajstić information content (AvgIpc) is 2.91. The normalized spacial score (nSPS) is 23.4. The Morgan fingerprint density at radius 2 is 1.68 bits per heavy atom. The first-order chi connectivity index (χ1) is 8.67. The van der Waals surface area contributed by atoms with Gasteiger partial charge in [0.15, 0.2) is 0 Å². The van der Waals surface area contributed by atoms with Crippen LogP contribution in [0.15, 0.2) is 11.8 Å². The lowest BCUT2D eigenvalue weighted by Gasteiger charge is -2.18. The molecule has 19 heavy (non-hydrogen) atoms. The lowest BCUT2D eigenvalue weighted by Crippen LogP contribution is -2.32. The molecule has 0 unspecified atom stereocenters. The van der Waals surface area contributed by atoms with Crippen LogP contribution in [-0.2, 0) is 13.6 Å². The Hall–Kier alpha value is -0.0931. The van der Waals surface area contributed by atoms with E-state index in [9.17, 15) is 4.57 Å². The smallest absolute Gasteiger partial charge is 0.354 e. The lowest BCUT2D eigenvalue weighted by molar-refractivity contribution is 0.216. The molecule has 1 fully saturated rings. The molecule has 6 heteroatoms. The summed E-state index contributed by atoms with van der Waals surface area (Å²) in [4.78, 5) is 2.19. The van der Waals surface area contributed by atoms with Crippen LogP contribution in [0.2, 0.25) is 19.6 Å². The van der Waals surface area contributed by atoms with Crippen LogP contribution in [0.3, 0.4) is 0 Å². The van der Waals surface area contributed by atoms with Crippen LogP contribution in [0.4, 0.5) is 0 Å². The van der Waals surface area contributed by atoms with Crippen molar-refractivity contribution in [1.82, 2.24) is 4.90 Å². The third-order valence-corrected chi connectivity index (χ3v) is 8.16. The minimum atomic E-state index is -3.03. The summed E-state index contributed by atoms with van der Waals surface area (Å²) in [6.07, 6.45) is 2.10. The predicted octanol–water partition coefficient (Wildman–Crippen LogP) is 4.06. The van der Waals surface area contributed by atoms with Crippen molar-refractivity contribution in [3.63, 3.8) is 0 Å². The van der Waals surface area contributed by atoms with Crippen LogP contribution in [0.1, 0.15) is 27.7 Å². The molecule has 0 aromatic rings. The molecular formula is C13H28NO3PSi. The summed E-state index contributed by atoms with van der Waals surface area (Å²) in [5, 5.41) is 0. The fourth-order valence-corrected chi connectivity index (χ4v) is 8.65. The zero-order valence-electron chi connectivity index (χ0n) is 13.3. The summed E-state index contributed by atoms with van der Waals surface area (Å²) in [7, 11) is -4.46. The fraction of sp³-hybridized carbons (Fsp3) is 0.846. The van der Waals surface area contributed by atoms with Crippen LogP contribution in [0, 0.1) is 0 Å². The van der Waals surface area contributed by atoms with Gasteiger partial charge in [-0.05, 0) is 33.9 Å². The largest absolute Gasteiger partial charge is 0.359 e. The highest BCUT2D eigenvalue weighted by Gasteiger charge is 2.63. The van der Waals surface area contributed by atoms with E-state index >= 15 is 0 Å². The highest BCUT2D eigenvalue weighted by atomic mass is 31.2. The zero-order chi connectivity index (χ0) is 14.8. The molecule has 1 rings (SSSR count). The van der Waals surface area contributed by atoms with E-state index in [1.807, 2.05) is 13.8 Å². The summed E-state index contributed by atoms with van der Waals surface area (Å²) >= 11 is 0. The molecule has 1 heterocycles. The van der Waals surface area contributed by atoms with Crippen molar-refractivity contribution >= 4 is 15.7 Å². The minimum Gasteiger partial charge on any atom is -0.359 e. The van der Waals surface area contributed by atoms with Crippen molar-refractivity contribution in [3.8, 4) is 0 Å². The highest BCUT2D eigenvalue weighted by molar-refractivity contribution is 7.55. The zero-order valence-corrected chi connectivity index (χ0v) is 15.2. The number of nitrogens with zero attached hydrogens (tertiary/aromatic N) is 1. The van der Waals surface area contributed by atoms with Gasteiger partial charge in [0.05, 0.1) is 27.0 Å². The van der Waals surface area contributed by atoms with Gasteiger partial charge in [-0.2, -0.15) is 0 Å². The van der Waals surface area contributed by atoms with Gasteiger partial charge >= 0.3 is 7.60 Å². The van der Waals surface area contributed by atoms with E-state index < -0.39 is 15.7 Å². The SMILES string of the molecule is CCOP(=O)(OCC)[C@@H]1[C@H]([Si](C)(C)C)N1C=C(C)C. The summed E-state index contributed by atoms with van der Waals surface area (Å²) in [5.74, 6) is -0.0889. The second kappa shape index (κ2) is 6.13. The molecule has 0 aromatic carbocycles. The van der Waals surface area contributed by atoms with E-state index in [1.165, 1.54) is 5.57 Å². The van der Waals surface area contributed by atoms with Crippen molar-refractivity contribution in [2.24, 2.45) is 0 Å². The van der Waals surface area contributed by atoms with Crippen LogP contribution < -0.4 is 0 Å². The van der Waals surface area contributed by atoms with E-state index in [4.69, 9.17) is 9.05 Å². The van der Waals surface area contributed by atoms with Gasteiger partial charge in [-0.3, -0.25) is 4.57 Å². The average molecular weight is 305 g/mol. The number of rotatable bonds is 7. The first kappa shape index (κ1) is 17.0. The Bertz CT molecular complexity index is 378. The maximum atomic E-state index is 12.9. The van der Waals surface area contributed by atoms with E-state index in [-0.39, 0.29) is 5.78 Å². The summed E-state index contributed by atoms with van der Waals surface area (Å²) in [6, 6.07) is 0. The maximum absolute atomic E-state index is 12.9. The van der Waals surface area contributed by atoms with Gasteiger partial charge in [0.2, 0.25) is 0 Å². The van der Waals surface area contributed by atoms with E-state index in [2.05, 4.69) is 44.6 Å². The van der Waals surface area contributed by atoms with Crippen molar-refractivity contribution in [1.29, 1.82) is 0 Å². The monoisotopic (exact) mass is 305 g/mol. The molecule has 0 spiro atoms. The van der Waals surface area contributed by atoms with Gasteiger partial charge < -0.3 is 13.9 Å². The first-order valence-electron chi connectivity index (χ1n) is 6.98. The van der Waals surface area contributed by atoms with Crippen LogP contribution >= 0.6 is 7.60 Å². The van der Waals surface area contributed by atoms with E-state index in [1.54, 1.807) is 0 Å². The van der Waals surface area contributed by atoms with Gasteiger partial charge in [0.25, 0.3) is 0 Å². The molecule has 0 radical (unpaired) electrons.